The number of carbonyl (C=O) groups excluding carboxylic acids is 1. The van der Waals surface area contributed by atoms with Gasteiger partial charge in [0.15, 0.2) is 0 Å². The first kappa shape index (κ1) is 12.8. The summed E-state index contributed by atoms with van der Waals surface area (Å²) in [4.78, 5) is 14.9. The third-order valence-corrected chi connectivity index (χ3v) is 5.64. The number of alkyl halides is 1. The zero-order chi connectivity index (χ0) is 12.5. The Balaban J connectivity index is 1.66. The maximum atomic E-state index is 12.7. The Bertz CT molecular complexity index is 308. The second-order valence-electron chi connectivity index (χ2n) is 6.33. The fourth-order valence-electron chi connectivity index (χ4n) is 4.18. The van der Waals surface area contributed by atoms with Crippen molar-refractivity contribution in [3.63, 3.8) is 0 Å². The van der Waals surface area contributed by atoms with Crippen LogP contribution in [-0.4, -0.2) is 29.3 Å². The minimum atomic E-state index is 0.310. The monoisotopic (exact) mass is 269 g/mol. The minimum absolute atomic E-state index is 0.310. The fourth-order valence-corrected chi connectivity index (χ4v) is 4.50. The summed E-state index contributed by atoms with van der Waals surface area (Å²) in [5.74, 6) is 2.89. The van der Waals surface area contributed by atoms with Crippen LogP contribution in [-0.2, 0) is 4.79 Å². The molecule has 2 aliphatic carbocycles. The molecule has 0 radical (unpaired) electrons. The number of hydrogen-bond donors (Lipinski definition) is 0. The average molecular weight is 270 g/mol. The molecule has 3 rings (SSSR count). The Morgan fingerprint density at radius 3 is 2.33 bits per heavy atom. The largest absolute Gasteiger partial charge is 0.338 e. The molecule has 1 saturated heterocycles. The molecule has 0 aromatic carbocycles. The lowest BCUT2D eigenvalue weighted by Gasteiger charge is -2.29. The summed E-state index contributed by atoms with van der Waals surface area (Å²) in [7, 11) is 0. The van der Waals surface area contributed by atoms with Gasteiger partial charge in [-0.3, -0.25) is 4.79 Å². The molecule has 3 unspecified atom stereocenters. The Morgan fingerprint density at radius 2 is 1.67 bits per heavy atom. The molecule has 3 aliphatic rings. The molecule has 0 N–H and O–H groups in total. The zero-order valence-corrected chi connectivity index (χ0v) is 11.9. The van der Waals surface area contributed by atoms with Crippen molar-refractivity contribution in [2.24, 2.45) is 17.8 Å². The van der Waals surface area contributed by atoms with Gasteiger partial charge in [-0.1, -0.05) is 25.7 Å². The molecular weight excluding hydrogens is 246 g/mol. The van der Waals surface area contributed by atoms with E-state index < -0.39 is 0 Å². The SMILES string of the molecule is O=C(C1C2CCCCC21)N1CCCCCC1CCl. The maximum absolute atomic E-state index is 12.7. The lowest BCUT2D eigenvalue weighted by molar-refractivity contribution is -0.135. The molecule has 3 heteroatoms. The van der Waals surface area contributed by atoms with Crippen LogP contribution in [0.4, 0.5) is 0 Å². The van der Waals surface area contributed by atoms with Crippen LogP contribution in [0.1, 0.15) is 51.4 Å². The quantitative estimate of drug-likeness (QED) is 0.704. The van der Waals surface area contributed by atoms with Gasteiger partial charge in [0.05, 0.1) is 0 Å². The maximum Gasteiger partial charge on any atom is 0.226 e. The molecule has 0 bridgehead atoms. The summed E-state index contributed by atoms with van der Waals surface area (Å²) in [6, 6.07) is 0.310. The van der Waals surface area contributed by atoms with Crippen LogP contribution in [0.3, 0.4) is 0 Å². The second-order valence-corrected chi connectivity index (χ2v) is 6.64. The highest BCUT2D eigenvalue weighted by atomic mass is 35.5. The van der Waals surface area contributed by atoms with E-state index >= 15 is 0 Å². The van der Waals surface area contributed by atoms with Gasteiger partial charge in [0, 0.05) is 24.4 Å². The molecule has 0 aromatic heterocycles. The normalized spacial score (nSPS) is 39.9. The van der Waals surface area contributed by atoms with Crippen molar-refractivity contribution < 1.29 is 4.79 Å². The topological polar surface area (TPSA) is 20.3 Å². The van der Waals surface area contributed by atoms with Gasteiger partial charge in [-0.05, 0) is 37.5 Å². The van der Waals surface area contributed by atoms with Crippen molar-refractivity contribution in [1.29, 1.82) is 0 Å². The zero-order valence-electron chi connectivity index (χ0n) is 11.1. The predicted octanol–water partition coefficient (Wildman–Crippen LogP) is 3.43. The van der Waals surface area contributed by atoms with Crippen LogP contribution in [0.5, 0.6) is 0 Å². The number of hydrogen-bond acceptors (Lipinski definition) is 1. The molecule has 3 atom stereocenters. The minimum Gasteiger partial charge on any atom is -0.338 e. The van der Waals surface area contributed by atoms with Crippen LogP contribution in [0.25, 0.3) is 0 Å². The first-order chi connectivity index (χ1) is 8.83. The lowest BCUT2D eigenvalue weighted by atomic mass is 10.0. The molecule has 3 fully saturated rings. The van der Waals surface area contributed by atoms with Crippen molar-refractivity contribution in [3.05, 3.63) is 0 Å². The van der Waals surface area contributed by atoms with Crippen molar-refractivity contribution >= 4 is 17.5 Å². The highest BCUT2D eigenvalue weighted by Crippen LogP contribution is 2.56. The van der Waals surface area contributed by atoms with Crippen LogP contribution < -0.4 is 0 Å². The Labute approximate surface area is 115 Å². The van der Waals surface area contributed by atoms with Gasteiger partial charge in [-0.25, -0.2) is 0 Å². The average Bonchev–Trinajstić information content (AvgIpc) is 3.17. The van der Waals surface area contributed by atoms with E-state index in [0.29, 0.717) is 23.7 Å². The van der Waals surface area contributed by atoms with E-state index in [9.17, 15) is 4.79 Å². The van der Waals surface area contributed by atoms with Gasteiger partial charge in [-0.2, -0.15) is 0 Å². The Hall–Kier alpha value is -0.240. The van der Waals surface area contributed by atoms with Crippen LogP contribution in [0, 0.1) is 17.8 Å². The van der Waals surface area contributed by atoms with Crippen molar-refractivity contribution in [1.82, 2.24) is 4.90 Å². The van der Waals surface area contributed by atoms with E-state index in [0.717, 1.165) is 24.8 Å². The standard InChI is InChI=1S/C15H24ClNO/c16-10-11-6-2-1-5-9-17(11)15(18)14-12-7-3-4-8-13(12)14/h11-14H,1-10H2. The summed E-state index contributed by atoms with van der Waals surface area (Å²) >= 11 is 6.08. The lowest BCUT2D eigenvalue weighted by Crippen LogP contribution is -2.42. The van der Waals surface area contributed by atoms with Crippen LogP contribution >= 0.6 is 11.6 Å². The van der Waals surface area contributed by atoms with Crippen LogP contribution in [0.15, 0.2) is 0 Å². The molecule has 1 amide bonds. The van der Waals surface area contributed by atoms with Crippen molar-refractivity contribution in [2.75, 3.05) is 12.4 Å². The summed E-state index contributed by atoms with van der Waals surface area (Å²) in [6.45, 7) is 0.951. The van der Waals surface area contributed by atoms with Gasteiger partial charge < -0.3 is 4.90 Å². The molecule has 102 valence electrons. The Kier molecular flexibility index (Phi) is 3.83. The molecule has 18 heavy (non-hydrogen) atoms. The summed E-state index contributed by atoms with van der Waals surface area (Å²) in [5.41, 5.74) is 0. The molecule has 0 aromatic rings. The van der Waals surface area contributed by atoms with Gasteiger partial charge in [-0.15, -0.1) is 11.6 Å². The van der Waals surface area contributed by atoms with Crippen molar-refractivity contribution in [2.45, 2.75) is 57.4 Å². The van der Waals surface area contributed by atoms with E-state index in [4.69, 9.17) is 11.6 Å². The molecule has 1 aliphatic heterocycles. The molecule has 2 nitrogen and oxygen atoms in total. The molecule has 2 saturated carbocycles. The third-order valence-electron chi connectivity index (χ3n) is 5.28. The third kappa shape index (κ3) is 2.29. The summed E-state index contributed by atoms with van der Waals surface area (Å²) in [6.07, 6.45) is 10.0. The number of carbonyl (C=O) groups is 1. The number of halogens is 1. The number of likely N-dealkylation sites (tertiary alicyclic amines) is 1. The highest BCUT2D eigenvalue weighted by molar-refractivity contribution is 6.18. The van der Waals surface area contributed by atoms with E-state index in [1.54, 1.807) is 0 Å². The Morgan fingerprint density at radius 1 is 1.00 bits per heavy atom. The summed E-state index contributed by atoms with van der Waals surface area (Å²) in [5, 5.41) is 0. The first-order valence-corrected chi connectivity index (χ1v) is 8.23. The summed E-state index contributed by atoms with van der Waals surface area (Å²) < 4.78 is 0. The van der Waals surface area contributed by atoms with Gasteiger partial charge in [0.2, 0.25) is 5.91 Å². The van der Waals surface area contributed by atoms with E-state index in [1.165, 1.54) is 44.9 Å². The van der Waals surface area contributed by atoms with E-state index in [2.05, 4.69) is 4.90 Å². The molecule has 1 heterocycles. The number of amides is 1. The van der Waals surface area contributed by atoms with Gasteiger partial charge in [0.1, 0.15) is 0 Å². The number of rotatable bonds is 2. The number of fused-ring (bicyclic) bond motifs is 1. The number of nitrogens with zero attached hydrogens (tertiary/aromatic N) is 1. The van der Waals surface area contributed by atoms with Gasteiger partial charge >= 0.3 is 0 Å². The van der Waals surface area contributed by atoms with Crippen molar-refractivity contribution in [3.8, 4) is 0 Å². The molecule has 0 spiro atoms. The van der Waals surface area contributed by atoms with Crippen LogP contribution in [0.2, 0.25) is 0 Å². The van der Waals surface area contributed by atoms with E-state index in [1.807, 2.05) is 0 Å². The molecular formula is C15H24ClNO. The highest BCUT2D eigenvalue weighted by Gasteiger charge is 2.56. The predicted molar refractivity (Wildman–Crippen MR) is 73.6 cm³/mol. The first-order valence-electron chi connectivity index (χ1n) is 7.69. The van der Waals surface area contributed by atoms with Gasteiger partial charge in [0.25, 0.3) is 0 Å². The fraction of sp³-hybridized carbons (Fsp3) is 0.933. The van der Waals surface area contributed by atoms with E-state index in [-0.39, 0.29) is 0 Å². The second kappa shape index (κ2) is 5.40. The smallest absolute Gasteiger partial charge is 0.226 e.